The first kappa shape index (κ1) is 18.2. The second-order valence-corrected chi connectivity index (χ2v) is 7.74. The molecule has 1 rings (SSSR count). The molecule has 0 aliphatic rings. The van der Waals surface area contributed by atoms with Gasteiger partial charge in [0.2, 0.25) is 0 Å². The van der Waals surface area contributed by atoms with Crippen LogP contribution in [0.2, 0.25) is 0 Å². The van der Waals surface area contributed by atoms with Crippen molar-refractivity contribution >= 4 is 9.84 Å². The van der Waals surface area contributed by atoms with Crippen LogP contribution in [0.4, 0.5) is 0 Å². The molecule has 2 atom stereocenters. The largest absolute Gasteiger partial charge is 0.392 e. The first-order valence-electron chi connectivity index (χ1n) is 8.01. The van der Waals surface area contributed by atoms with Crippen LogP contribution in [-0.4, -0.2) is 24.9 Å². The van der Waals surface area contributed by atoms with E-state index in [0.717, 1.165) is 19.3 Å². The Balaban J connectivity index is 2.77. The molecule has 0 aromatic heterocycles. The van der Waals surface area contributed by atoms with Crippen molar-refractivity contribution in [1.82, 2.24) is 0 Å². The highest BCUT2D eigenvalue weighted by Crippen LogP contribution is 2.24. The molecule has 120 valence electrons. The molecule has 0 fully saturated rings. The maximum absolute atomic E-state index is 12.7. The molecule has 0 saturated carbocycles. The van der Waals surface area contributed by atoms with Gasteiger partial charge in [-0.05, 0) is 25.0 Å². The Morgan fingerprint density at radius 1 is 1.00 bits per heavy atom. The minimum absolute atomic E-state index is 0.316. The van der Waals surface area contributed by atoms with Crippen molar-refractivity contribution in [2.24, 2.45) is 0 Å². The molecular weight excluding hydrogens is 284 g/mol. The third-order valence-electron chi connectivity index (χ3n) is 3.91. The van der Waals surface area contributed by atoms with E-state index in [1.54, 1.807) is 30.3 Å². The maximum atomic E-state index is 12.7. The molecule has 0 aliphatic carbocycles. The summed E-state index contributed by atoms with van der Waals surface area (Å²) in [7, 11) is -3.46. The number of unbranched alkanes of at least 4 members (excludes halogenated alkanes) is 4. The third-order valence-corrected chi connectivity index (χ3v) is 6.19. The molecule has 1 N–H and O–H groups in total. The average Bonchev–Trinajstić information content (AvgIpc) is 2.50. The van der Waals surface area contributed by atoms with Gasteiger partial charge >= 0.3 is 0 Å². The van der Waals surface area contributed by atoms with Gasteiger partial charge in [0, 0.05) is 0 Å². The zero-order valence-corrected chi connectivity index (χ0v) is 14.0. The monoisotopic (exact) mass is 312 g/mol. The topological polar surface area (TPSA) is 54.4 Å². The Bertz CT molecular complexity index is 482. The summed E-state index contributed by atoms with van der Waals surface area (Å²) < 4.78 is 25.4. The standard InChI is InChI=1S/C17H28O3S/c1-3-5-6-7-11-14-17(16(18)4-2)21(19,20)15-12-9-8-10-13-15/h8-10,12-13,16-18H,3-7,11,14H2,1-2H3. The summed E-state index contributed by atoms with van der Waals surface area (Å²) in [5, 5.41) is 9.45. The Morgan fingerprint density at radius 3 is 2.19 bits per heavy atom. The van der Waals surface area contributed by atoms with E-state index in [4.69, 9.17) is 0 Å². The van der Waals surface area contributed by atoms with Crippen LogP contribution < -0.4 is 0 Å². The summed E-state index contributed by atoms with van der Waals surface area (Å²) in [6.45, 7) is 3.98. The van der Waals surface area contributed by atoms with Gasteiger partial charge in [0.1, 0.15) is 0 Å². The molecule has 3 nitrogen and oxygen atoms in total. The lowest BCUT2D eigenvalue weighted by molar-refractivity contribution is 0.159. The molecule has 0 amide bonds. The fourth-order valence-electron chi connectivity index (χ4n) is 2.55. The molecular formula is C17H28O3S. The number of rotatable bonds is 10. The van der Waals surface area contributed by atoms with E-state index in [0.29, 0.717) is 17.7 Å². The van der Waals surface area contributed by atoms with Crippen molar-refractivity contribution < 1.29 is 13.5 Å². The number of sulfone groups is 1. The fraction of sp³-hybridized carbons (Fsp3) is 0.647. The van der Waals surface area contributed by atoms with Gasteiger partial charge in [-0.3, -0.25) is 0 Å². The second-order valence-electron chi connectivity index (χ2n) is 5.57. The van der Waals surface area contributed by atoms with Gasteiger partial charge < -0.3 is 5.11 Å². The molecule has 21 heavy (non-hydrogen) atoms. The molecule has 1 aromatic carbocycles. The molecule has 0 radical (unpaired) electrons. The summed E-state index contributed by atoms with van der Waals surface area (Å²) in [6, 6.07) is 8.48. The number of benzene rings is 1. The van der Waals surface area contributed by atoms with Crippen LogP contribution >= 0.6 is 0 Å². The lowest BCUT2D eigenvalue weighted by Crippen LogP contribution is -2.33. The molecule has 0 spiro atoms. The lowest BCUT2D eigenvalue weighted by atomic mass is 10.1. The summed E-state index contributed by atoms with van der Waals surface area (Å²) in [4.78, 5) is 0.316. The van der Waals surface area contributed by atoms with Crippen LogP contribution in [0.25, 0.3) is 0 Å². The smallest absolute Gasteiger partial charge is 0.183 e. The zero-order valence-electron chi connectivity index (χ0n) is 13.2. The van der Waals surface area contributed by atoms with Gasteiger partial charge in [-0.25, -0.2) is 8.42 Å². The summed E-state index contributed by atoms with van der Waals surface area (Å²) in [5.41, 5.74) is 0. The van der Waals surface area contributed by atoms with E-state index in [2.05, 4.69) is 6.92 Å². The highest BCUT2D eigenvalue weighted by molar-refractivity contribution is 7.92. The molecule has 2 unspecified atom stereocenters. The van der Waals surface area contributed by atoms with E-state index in [-0.39, 0.29) is 0 Å². The molecule has 0 heterocycles. The second kappa shape index (κ2) is 9.21. The predicted octanol–water partition coefficient (Wildman–Crippen LogP) is 3.96. The molecule has 0 saturated heterocycles. The first-order chi connectivity index (χ1) is 10.0. The Morgan fingerprint density at radius 2 is 1.62 bits per heavy atom. The normalized spacial score (nSPS) is 14.8. The van der Waals surface area contributed by atoms with Crippen LogP contribution in [0.15, 0.2) is 35.2 Å². The van der Waals surface area contributed by atoms with Gasteiger partial charge in [0.05, 0.1) is 16.2 Å². The number of aliphatic hydroxyl groups is 1. The van der Waals surface area contributed by atoms with Gasteiger partial charge in [-0.2, -0.15) is 0 Å². The third kappa shape index (κ3) is 5.44. The minimum atomic E-state index is -3.46. The van der Waals surface area contributed by atoms with E-state index in [1.807, 2.05) is 6.92 Å². The first-order valence-corrected chi connectivity index (χ1v) is 9.55. The number of hydrogen-bond acceptors (Lipinski definition) is 3. The Labute approximate surface area is 129 Å². The van der Waals surface area contributed by atoms with Crippen molar-refractivity contribution in [1.29, 1.82) is 0 Å². The van der Waals surface area contributed by atoms with Crippen molar-refractivity contribution in [3.8, 4) is 0 Å². The fourth-order valence-corrected chi connectivity index (χ4v) is 4.52. The van der Waals surface area contributed by atoms with Gasteiger partial charge in [0.25, 0.3) is 0 Å². The van der Waals surface area contributed by atoms with Crippen LogP contribution in [0, 0.1) is 0 Å². The molecule has 1 aromatic rings. The van der Waals surface area contributed by atoms with Crippen molar-refractivity contribution in [2.75, 3.05) is 0 Å². The SMILES string of the molecule is CCCCCCCC(C(O)CC)S(=O)(=O)c1ccccc1. The summed E-state index contributed by atoms with van der Waals surface area (Å²) in [5.74, 6) is 0. The zero-order chi connectivity index (χ0) is 15.7. The number of hydrogen-bond donors (Lipinski definition) is 1. The molecule has 0 bridgehead atoms. The van der Waals surface area contributed by atoms with Gasteiger partial charge in [-0.15, -0.1) is 0 Å². The van der Waals surface area contributed by atoms with E-state index in [1.165, 1.54) is 12.8 Å². The number of aliphatic hydroxyl groups excluding tert-OH is 1. The highest BCUT2D eigenvalue weighted by atomic mass is 32.2. The van der Waals surface area contributed by atoms with E-state index < -0.39 is 21.2 Å². The van der Waals surface area contributed by atoms with Crippen molar-refractivity contribution in [3.63, 3.8) is 0 Å². The molecule has 0 aliphatic heterocycles. The summed E-state index contributed by atoms with van der Waals surface area (Å²) >= 11 is 0. The average molecular weight is 312 g/mol. The van der Waals surface area contributed by atoms with Crippen LogP contribution in [-0.2, 0) is 9.84 Å². The highest BCUT2D eigenvalue weighted by Gasteiger charge is 2.32. The lowest BCUT2D eigenvalue weighted by Gasteiger charge is -2.22. The predicted molar refractivity (Wildman–Crippen MR) is 87.1 cm³/mol. The van der Waals surface area contributed by atoms with E-state index >= 15 is 0 Å². The van der Waals surface area contributed by atoms with Crippen LogP contribution in [0.5, 0.6) is 0 Å². The van der Waals surface area contributed by atoms with Gasteiger partial charge in [0.15, 0.2) is 9.84 Å². The summed E-state index contributed by atoms with van der Waals surface area (Å²) in [6.07, 6.45) is 5.59. The Hall–Kier alpha value is -0.870. The quantitative estimate of drug-likeness (QED) is 0.665. The van der Waals surface area contributed by atoms with Crippen LogP contribution in [0.3, 0.4) is 0 Å². The van der Waals surface area contributed by atoms with Crippen molar-refractivity contribution in [2.45, 2.75) is 75.0 Å². The van der Waals surface area contributed by atoms with Crippen LogP contribution in [0.1, 0.15) is 58.8 Å². The van der Waals surface area contributed by atoms with E-state index in [9.17, 15) is 13.5 Å². The Kier molecular flexibility index (Phi) is 7.97. The van der Waals surface area contributed by atoms with Gasteiger partial charge in [-0.1, -0.05) is 64.2 Å². The molecule has 4 heteroatoms. The van der Waals surface area contributed by atoms with Crippen molar-refractivity contribution in [3.05, 3.63) is 30.3 Å². The minimum Gasteiger partial charge on any atom is -0.392 e. The maximum Gasteiger partial charge on any atom is 0.183 e.